The minimum atomic E-state index is -0.129. The van der Waals surface area contributed by atoms with E-state index < -0.39 is 0 Å². The molecule has 0 amide bonds. The van der Waals surface area contributed by atoms with Gasteiger partial charge in [0.1, 0.15) is 5.82 Å². The van der Waals surface area contributed by atoms with Gasteiger partial charge in [0.15, 0.2) is 0 Å². The van der Waals surface area contributed by atoms with E-state index in [1.807, 2.05) is 24.3 Å². The molecule has 0 saturated carbocycles. The molecule has 2 aromatic rings. The van der Waals surface area contributed by atoms with E-state index in [2.05, 4.69) is 31.3 Å². The van der Waals surface area contributed by atoms with E-state index in [9.17, 15) is 4.39 Å². The van der Waals surface area contributed by atoms with Crippen molar-refractivity contribution < 1.29 is 4.39 Å². The molecule has 1 nitrogen and oxygen atoms in total. The molecule has 0 fully saturated rings. The highest BCUT2D eigenvalue weighted by Gasteiger charge is 2.09. The van der Waals surface area contributed by atoms with E-state index >= 15 is 0 Å². The van der Waals surface area contributed by atoms with Crippen molar-refractivity contribution in [1.29, 1.82) is 0 Å². The Bertz CT molecular complexity index is 540. The van der Waals surface area contributed by atoms with Crippen LogP contribution in [-0.4, -0.2) is 6.04 Å². The van der Waals surface area contributed by atoms with Crippen molar-refractivity contribution in [3.8, 4) is 0 Å². The van der Waals surface area contributed by atoms with Gasteiger partial charge in [-0.05, 0) is 17.7 Å². The van der Waals surface area contributed by atoms with Crippen LogP contribution in [0.3, 0.4) is 0 Å². The highest BCUT2D eigenvalue weighted by molar-refractivity contribution is 7.98. The zero-order chi connectivity index (χ0) is 14.4. The predicted octanol–water partition coefficient (Wildman–Crippen LogP) is 4.62. The Balaban J connectivity index is 2.08. The van der Waals surface area contributed by atoms with Crippen LogP contribution in [-0.2, 0) is 12.3 Å². The molecular weight excluding hydrogens is 269 g/mol. The van der Waals surface area contributed by atoms with Crippen molar-refractivity contribution in [2.75, 3.05) is 0 Å². The minimum Gasteiger partial charge on any atom is -0.310 e. The third kappa shape index (κ3) is 4.36. The van der Waals surface area contributed by atoms with Crippen LogP contribution in [0.25, 0.3) is 0 Å². The van der Waals surface area contributed by atoms with Crippen molar-refractivity contribution in [1.82, 2.24) is 5.32 Å². The van der Waals surface area contributed by atoms with E-state index in [0.717, 1.165) is 16.2 Å². The average Bonchev–Trinajstić information content (AvgIpc) is 2.45. The highest BCUT2D eigenvalue weighted by Crippen LogP contribution is 2.28. The van der Waals surface area contributed by atoms with Crippen LogP contribution in [0.15, 0.2) is 53.4 Å². The summed E-state index contributed by atoms with van der Waals surface area (Å²) in [5.41, 5.74) is 2.02. The second-order valence-electron chi connectivity index (χ2n) is 5.03. The second-order valence-corrected chi connectivity index (χ2v) is 6.04. The maximum absolute atomic E-state index is 14.0. The van der Waals surface area contributed by atoms with Gasteiger partial charge >= 0.3 is 0 Å². The number of halogens is 1. The maximum Gasteiger partial charge on any atom is 0.128 e. The van der Waals surface area contributed by atoms with Crippen LogP contribution < -0.4 is 5.32 Å². The third-order valence-electron chi connectivity index (χ3n) is 3.00. The Hall–Kier alpha value is -1.32. The van der Waals surface area contributed by atoms with Gasteiger partial charge in [-0.15, -0.1) is 11.8 Å². The molecule has 0 spiro atoms. The summed E-state index contributed by atoms with van der Waals surface area (Å²) < 4.78 is 14.0. The summed E-state index contributed by atoms with van der Waals surface area (Å²) >= 11 is 1.69. The summed E-state index contributed by atoms with van der Waals surface area (Å²) in [7, 11) is 0. The van der Waals surface area contributed by atoms with Crippen LogP contribution in [0.5, 0.6) is 0 Å². The minimum absolute atomic E-state index is 0.129. The molecule has 2 rings (SSSR count). The van der Waals surface area contributed by atoms with Gasteiger partial charge in [0.25, 0.3) is 0 Å². The fourth-order valence-corrected chi connectivity index (χ4v) is 2.92. The summed E-state index contributed by atoms with van der Waals surface area (Å²) in [6, 6.07) is 15.9. The molecular formula is C17H20FNS. The molecule has 0 aliphatic rings. The zero-order valence-electron chi connectivity index (χ0n) is 11.9. The molecule has 0 bridgehead atoms. The molecule has 0 radical (unpaired) electrons. The van der Waals surface area contributed by atoms with Gasteiger partial charge < -0.3 is 5.32 Å². The van der Waals surface area contributed by atoms with Crippen molar-refractivity contribution in [2.24, 2.45) is 0 Å². The lowest BCUT2D eigenvalue weighted by Gasteiger charge is -2.13. The first-order valence-electron chi connectivity index (χ1n) is 6.84. The van der Waals surface area contributed by atoms with E-state index in [1.54, 1.807) is 17.8 Å². The molecule has 0 unspecified atom stereocenters. The van der Waals surface area contributed by atoms with Crippen molar-refractivity contribution in [3.63, 3.8) is 0 Å². The normalized spacial score (nSPS) is 11.0. The van der Waals surface area contributed by atoms with Crippen LogP contribution in [0.4, 0.5) is 4.39 Å². The molecule has 0 aromatic heterocycles. The number of rotatable bonds is 6. The Kier molecular flexibility index (Phi) is 5.62. The van der Waals surface area contributed by atoms with Crippen LogP contribution in [0.2, 0.25) is 0 Å². The average molecular weight is 289 g/mol. The van der Waals surface area contributed by atoms with Gasteiger partial charge in [-0.1, -0.05) is 50.2 Å². The maximum atomic E-state index is 14.0. The third-order valence-corrected chi connectivity index (χ3v) is 4.17. The number of nitrogens with one attached hydrogen (secondary N) is 1. The molecule has 20 heavy (non-hydrogen) atoms. The van der Waals surface area contributed by atoms with Crippen molar-refractivity contribution in [2.45, 2.75) is 37.1 Å². The van der Waals surface area contributed by atoms with E-state index in [1.165, 1.54) is 11.6 Å². The van der Waals surface area contributed by atoms with E-state index in [0.29, 0.717) is 12.6 Å². The number of hydrogen-bond donors (Lipinski definition) is 1. The predicted molar refractivity (Wildman–Crippen MR) is 84.4 cm³/mol. The van der Waals surface area contributed by atoms with Crippen molar-refractivity contribution >= 4 is 11.8 Å². The molecule has 106 valence electrons. The molecule has 0 heterocycles. The lowest BCUT2D eigenvalue weighted by atomic mass is 10.2. The summed E-state index contributed by atoms with van der Waals surface area (Å²) in [5, 5.41) is 3.29. The fraction of sp³-hybridized carbons (Fsp3) is 0.294. The van der Waals surface area contributed by atoms with Crippen LogP contribution in [0, 0.1) is 5.82 Å². The quantitative estimate of drug-likeness (QED) is 0.779. The van der Waals surface area contributed by atoms with Crippen LogP contribution in [0.1, 0.15) is 25.0 Å². The second kappa shape index (κ2) is 7.46. The largest absolute Gasteiger partial charge is 0.310 e. The SMILES string of the molecule is CC(C)NCc1c(F)cccc1SCc1ccccc1. The van der Waals surface area contributed by atoms with Gasteiger partial charge in [0, 0.05) is 28.8 Å². The Morgan fingerprint density at radius 2 is 1.80 bits per heavy atom. The van der Waals surface area contributed by atoms with Gasteiger partial charge in [-0.3, -0.25) is 0 Å². The van der Waals surface area contributed by atoms with Gasteiger partial charge in [-0.2, -0.15) is 0 Å². The Morgan fingerprint density at radius 3 is 2.50 bits per heavy atom. The first-order chi connectivity index (χ1) is 9.66. The highest BCUT2D eigenvalue weighted by atomic mass is 32.2. The summed E-state index contributed by atoms with van der Waals surface area (Å²) in [5.74, 6) is 0.732. The standard InChI is InChI=1S/C17H20FNS/c1-13(2)19-11-15-16(18)9-6-10-17(15)20-12-14-7-4-3-5-8-14/h3-10,13,19H,11-12H2,1-2H3. The molecule has 0 atom stereocenters. The first-order valence-corrected chi connectivity index (χ1v) is 7.83. The number of thioether (sulfide) groups is 1. The van der Waals surface area contributed by atoms with Gasteiger partial charge in [0.05, 0.1) is 0 Å². The monoisotopic (exact) mass is 289 g/mol. The van der Waals surface area contributed by atoms with E-state index in [-0.39, 0.29) is 5.82 Å². The Morgan fingerprint density at radius 1 is 1.05 bits per heavy atom. The lowest BCUT2D eigenvalue weighted by molar-refractivity contribution is 0.546. The topological polar surface area (TPSA) is 12.0 Å². The van der Waals surface area contributed by atoms with Gasteiger partial charge in [0.2, 0.25) is 0 Å². The fourth-order valence-electron chi connectivity index (χ4n) is 1.89. The summed E-state index contributed by atoms with van der Waals surface area (Å²) in [6.45, 7) is 4.71. The summed E-state index contributed by atoms with van der Waals surface area (Å²) in [4.78, 5) is 1.02. The molecule has 1 N–H and O–H groups in total. The van der Waals surface area contributed by atoms with E-state index in [4.69, 9.17) is 0 Å². The lowest BCUT2D eigenvalue weighted by Crippen LogP contribution is -2.22. The Labute approximate surface area is 124 Å². The molecule has 0 saturated heterocycles. The van der Waals surface area contributed by atoms with Crippen LogP contribution >= 0.6 is 11.8 Å². The zero-order valence-corrected chi connectivity index (χ0v) is 12.7. The first kappa shape index (κ1) is 15.1. The molecule has 2 aromatic carbocycles. The number of hydrogen-bond acceptors (Lipinski definition) is 2. The number of benzene rings is 2. The molecule has 3 heteroatoms. The summed E-state index contributed by atoms with van der Waals surface area (Å²) in [6.07, 6.45) is 0. The van der Waals surface area contributed by atoms with Crippen molar-refractivity contribution in [3.05, 3.63) is 65.5 Å². The molecule has 0 aliphatic carbocycles. The van der Waals surface area contributed by atoms with Gasteiger partial charge in [-0.25, -0.2) is 4.39 Å². The smallest absolute Gasteiger partial charge is 0.128 e. The molecule has 0 aliphatic heterocycles.